The second kappa shape index (κ2) is 8.63. The Morgan fingerprint density at radius 2 is 1.86 bits per heavy atom. The van der Waals surface area contributed by atoms with E-state index in [-0.39, 0.29) is 36.0 Å². The van der Waals surface area contributed by atoms with Gasteiger partial charge in [-0.25, -0.2) is 8.42 Å². The van der Waals surface area contributed by atoms with Crippen LogP contribution in [0.2, 0.25) is 0 Å². The zero-order valence-electron chi connectivity index (χ0n) is 16.5. The molecule has 3 rings (SSSR count). The summed E-state index contributed by atoms with van der Waals surface area (Å²) in [5.41, 5.74) is 0.0938. The number of rotatable bonds is 5. The third-order valence-electron chi connectivity index (χ3n) is 5.89. The summed E-state index contributed by atoms with van der Waals surface area (Å²) in [4.78, 5) is 16.6. The highest BCUT2D eigenvalue weighted by atomic mass is 32.2. The Morgan fingerprint density at radius 3 is 2.41 bits per heavy atom. The lowest BCUT2D eigenvalue weighted by Gasteiger charge is -2.37. The number of carbonyl (C=O) groups is 1. The van der Waals surface area contributed by atoms with E-state index in [1.165, 1.54) is 12.1 Å². The molecule has 162 valence electrons. The predicted molar refractivity (Wildman–Crippen MR) is 104 cm³/mol. The lowest BCUT2D eigenvalue weighted by molar-refractivity contribution is -0.137. The Kier molecular flexibility index (Phi) is 6.57. The van der Waals surface area contributed by atoms with Crippen LogP contribution < -0.4 is 0 Å². The Labute approximate surface area is 169 Å². The van der Waals surface area contributed by atoms with Crippen LogP contribution in [0.5, 0.6) is 0 Å². The fourth-order valence-corrected chi connectivity index (χ4v) is 6.11. The van der Waals surface area contributed by atoms with Gasteiger partial charge in [-0.2, -0.15) is 13.2 Å². The highest BCUT2D eigenvalue weighted by Gasteiger charge is 2.36. The van der Waals surface area contributed by atoms with Crippen molar-refractivity contribution in [2.75, 3.05) is 31.1 Å². The van der Waals surface area contributed by atoms with E-state index in [2.05, 4.69) is 0 Å². The summed E-state index contributed by atoms with van der Waals surface area (Å²) in [6.45, 7) is 3.12. The van der Waals surface area contributed by atoms with Crippen molar-refractivity contribution in [3.05, 3.63) is 35.4 Å². The van der Waals surface area contributed by atoms with E-state index in [1.807, 2.05) is 11.8 Å². The van der Waals surface area contributed by atoms with Crippen molar-refractivity contribution in [2.24, 2.45) is 0 Å². The number of likely N-dealkylation sites (tertiary alicyclic amines) is 1. The number of alkyl halides is 3. The number of piperidine rings is 1. The molecule has 2 aliphatic heterocycles. The topological polar surface area (TPSA) is 57.7 Å². The summed E-state index contributed by atoms with van der Waals surface area (Å²) in [5.74, 6) is 0.00209. The van der Waals surface area contributed by atoms with Crippen LogP contribution in [-0.4, -0.2) is 61.3 Å². The van der Waals surface area contributed by atoms with Gasteiger partial charge in [0.15, 0.2) is 9.84 Å². The molecule has 29 heavy (non-hydrogen) atoms. The maximum absolute atomic E-state index is 12.9. The molecule has 0 bridgehead atoms. The van der Waals surface area contributed by atoms with E-state index in [1.54, 1.807) is 4.90 Å². The lowest BCUT2D eigenvalue weighted by atomic mass is 9.94. The minimum atomic E-state index is -4.37. The van der Waals surface area contributed by atoms with Gasteiger partial charge in [-0.3, -0.25) is 9.69 Å². The van der Waals surface area contributed by atoms with Crippen molar-refractivity contribution in [1.82, 2.24) is 9.80 Å². The van der Waals surface area contributed by atoms with Crippen LogP contribution in [-0.2, 0) is 20.8 Å². The first kappa shape index (κ1) is 22.1. The van der Waals surface area contributed by atoms with Crippen LogP contribution >= 0.6 is 0 Å². The van der Waals surface area contributed by atoms with Crippen LogP contribution in [0.4, 0.5) is 13.2 Å². The van der Waals surface area contributed by atoms with E-state index in [4.69, 9.17) is 0 Å². The van der Waals surface area contributed by atoms with Crippen LogP contribution in [0.3, 0.4) is 0 Å². The molecular weight excluding hydrogens is 405 g/mol. The summed E-state index contributed by atoms with van der Waals surface area (Å²) in [5, 5.41) is 0. The Bertz CT molecular complexity index is 824. The first-order chi connectivity index (χ1) is 13.6. The Morgan fingerprint density at radius 1 is 1.17 bits per heavy atom. The molecule has 1 aromatic rings. The normalized spacial score (nSPS) is 25.1. The molecular formula is C20H27F3N2O3S. The molecule has 1 aromatic carbocycles. The first-order valence-corrected chi connectivity index (χ1v) is 11.8. The summed E-state index contributed by atoms with van der Waals surface area (Å²) in [7, 11) is -3.09. The molecule has 0 saturated carbocycles. The van der Waals surface area contributed by atoms with Crippen molar-refractivity contribution in [3.63, 3.8) is 0 Å². The molecule has 0 N–H and O–H groups in total. The van der Waals surface area contributed by atoms with E-state index in [0.717, 1.165) is 37.0 Å². The quantitative estimate of drug-likeness (QED) is 0.717. The van der Waals surface area contributed by atoms with Crippen molar-refractivity contribution < 1.29 is 26.4 Å². The molecule has 9 heteroatoms. The van der Waals surface area contributed by atoms with E-state index in [9.17, 15) is 26.4 Å². The molecule has 2 fully saturated rings. The Hall–Kier alpha value is -1.61. The summed E-state index contributed by atoms with van der Waals surface area (Å²) >= 11 is 0. The highest BCUT2D eigenvalue weighted by Crippen LogP contribution is 2.34. The molecule has 0 aromatic heterocycles. The van der Waals surface area contributed by atoms with Gasteiger partial charge >= 0.3 is 6.18 Å². The van der Waals surface area contributed by atoms with Gasteiger partial charge in [0.25, 0.3) is 0 Å². The predicted octanol–water partition coefficient (Wildman–Crippen LogP) is 3.27. The maximum atomic E-state index is 12.9. The number of hydrogen-bond acceptors (Lipinski definition) is 4. The number of halogens is 3. The van der Waals surface area contributed by atoms with Gasteiger partial charge in [0.1, 0.15) is 0 Å². The van der Waals surface area contributed by atoms with E-state index < -0.39 is 21.6 Å². The number of likely N-dealkylation sites (N-methyl/N-ethyl adjacent to an activating group) is 1. The van der Waals surface area contributed by atoms with Gasteiger partial charge in [-0.05, 0) is 50.4 Å². The zero-order chi connectivity index (χ0) is 21.2. The van der Waals surface area contributed by atoms with Crippen LogP contribution in [0.25, 0.3) is 0 Å². The second-order valence-electron chi connectivity index (χ2n) is 7.84. The molecule has 2 atom stereocenters. The molecule has 0 unspecified atom stereocenters. The average molecular weight is 433 g/mol. The molecule has 0 spiro atoms. The van der Waals surface area contributed by atoms with E-state index in [0.29, 0.717) is 19.5 Å². The van der Waals surface area contributed by atoms with Gasteiger partial charge in [-0.15, -0.1) is 0 Å². The molecule has 2 heterocycles. The van der Waals surface area contributed by atoms with Crippen molar-refractivity contribution in [3.8, 4) is 0 Å². The van der Waals surface area contributed by atoms with Gasteiger partial charge < -0.3 is 4.90 Å². The fourth-order valence-electron chi connectivity index (χ4n) is 4.38. The smallest absolute Gasteiger partial charge is 0.338 e. The van der Waals surface area contributed by atoms with Crippen LogP contribution in [0.15, 0.2) is 24.3 Å². The first-order valence-electron chi connectivity index (χ1n) is 10.0. The van der Waals surface area contributed by atoms with Crippen molar-refractivity contribution >= 4 is 15.7 Å². The molecule has 0 aliphatic carbocycles. The van der Waals surface area contributed by atoms with Gasteiger partial charge in [0.05, 0.1) is 23.6 Å². The SMILES string of the molecule is CCN(C(=O)CN1CCCC[C@H]1c1ccc(C(F)(F)F)cc1)[C@@H]1CCS(=O)(=O)C1. The Balaban J connectivity index is 1.71. The molecule has 5 nitrogen and oxygen atoms in total. The largest absolute Gasteiger partial charge is 0.416 e. The zero-order valence-corrected chi connectivity index (χ0v) is 17.3. The van der Waals surface area contributed by atoms with Crippen molar-refractivity contribution in [2.45, 2.75) is 50.9 Å². The second-order valence-corrected chi connectivity index (χ2v) is 10.1. The van der Waals surface area contributed by atoms with Gasteiger partial charge in [-0.1, -0.05) is 18.6 Å². The number of nitrogens with zero attached hydrogens (tertiary/aromatic N) is 2. The highest BCUT2D eigenvalue weighted by molar-refractivity contribution is 7.91. The number of amides is 1. The minimum Gasteiger partial charge on any atom is -0.338 e. The third-order valence-corrected chi connectivity index (χ3v) is 7.64. The summed E-state index contributed by atoms with van der Waals surface area (Å²) in [6, 6.07) is 4.78. The minimum absolute atomic E-state index is 0.00884. The average Bonchev–Trinajstić information content (AvgIpc) is 3.01. The summed E-state index contributed by atoms with van der Waals surface area (Å²) in [6.07, 6.45) is -1.25. The number of benzene rings is 1. The number of carbonyl (C=O) groups excluding carboxylic acids is 1. The van der Waals surface area contributed by atoms with Gasteiger partial charge in [0.2, 0.25) is 5.91 Å². The van der Waals surface area contributed by atoms with E-state index >= 15 is 0 Å². The fraction of sp³-hybridized carbons (Fsp3) is 0.650. The third kappa shape index (κ3) is 5.31. The lowest BCUT2D eigenvalue weighted by Crippen LogP contribution is -2.47. The number of sulfone groups is 1. The number of hydrogen-bond donors (Lipinski definition) is 0. The molecule has 2 saturated heterocycles. The van der Waals surface area contributed by atoms with Gasteiger partial charge in [0, 0.05) is 18.6 Å². The van der Waals surface area contributed by atoms with Crippen LogP contribution in [0.1, 0.15) is 49.8 Å². The summed E-state index contributed by atoms with van der Waals surface area (Å²) < 4.78 is 62.1. The molecule has 1 amide bonds. The standard InChI is InChI=1S/C20H27F3N2O3S/c1-2-25(17-10-12-29(27,28)14-17)19(26)13-24-11-4-3-5-18(24)15-6-8-16(9-7-15)20(21,22)23/h6-9,17-18H,2-5,10-14H2,1H3/t17-,18+/m1/s1. The van der Waals surface area contributed by atoms with Crippen molar-refractivity contribution in [1.29, 1.82) is 0 Å². The maximum Gasteiger partial charge on any atom is 0.416 e. The molecule has 0 radical (unpaired) electrons. The van der Waals surface area contributed by atoms with Crippen LogP contribution in [0, 0.1) is 0 Å². The monoisotopic (exact) mass is 432 g/mol. The molecule has 2 aliphatic rings.